The third-order valence-electron chi connectivity index (χ3n) is 5.09. The van der Waals surface area contributed by atoms with E-state index in [1.54, 1.807) is 26.4 Å². The molecule has 1 fully saturated rings. The first-order chi connectivity index (χ1) is 12.0. The van der Waals surface area contributed by atoms with E-state index in [9.17, 15) is 9.59 Å². The number of hydrogen-bond acceptors (Lipinski definition) is 5. The van der Waals surface area contributed by atoms with Gasteiger partial charge in [0.2, 0.25) is 11.7 Å². The monoisotopic (exact) mass is 347 g/mol. The Labute approximate surface area is 148 Å². The number of piperidine rings is 1. The molecule has 0 N–H and O–H groups in total. The van der Waals surface area contributed by atoms with Crippen molar-refractivity contribution in [3.8, 4) is 17.2 Å². The summed E-state index contributed by atoms with van der Waals surface area (Å²) in [5.41, 5.74) is -0.0278. The molecule has 0 atom stereocenters. The summed E-state index contributed by atoms with van der Waals surface area (Å²) < 4.78 is 17.1. The minimum Gasteiger partial charge on any atom is -0.493 e. The number of hydrogen-bond donors (Lipinski definition) is 0. The predicted octanol–water partition coefficient (Wildman–Crippen LogP) is 2.83. The smallest absolute Gasteiger partial charge is 0.222 e. The average Bonchev–Trinajstić information content (AvgIpc) is 2.61. The third-order valence-corrected chi connectivity index (χ3v) is 5.09. The molecule has 6 heteroatoms. The molecule has 6 nitrogen and oxygen atoms in total. The van der Waals surface area contributed by atoms with E-state index < -0.39 is 5.60 Å². The summed E-state index contributed by atoms with van der Waals surface area (Å²) in [4.78, 5) is 26.7. The quantitative estimate of drug-likeness (QED) is 0.838. The number of methoxy groups -OCH3 is 2. The number of nitrogens with zero attached hydrogens (tertiary/aromatic N) is 1. The van der Waals surface area contributed by atoms with Crippen LogP contribution in [-0.4, -0.2) is 49.5 Å². The number of amides is 1. The molecule has 0 aliphatic carbocycles. The molecule has 1 amide bonds. The summed E-state index contributed by atoms with van der Waals surface area (Å²) in [5.74, 6) is 1.69. The van der Waals surface area contributed by atoms with Crippen LogP contribution in [-0.2, 0) is 4.79 Å². The number of rotatable bonds is 4. The van der Waals surface area contributed by atoms with E-state index in [0.29, 0.717) is 61.6 Å². The Bertz CT molecular complexity index is 677. The zero-order valence-electron chi connectivity index (χ0n) is 15.1. The number of Topliss-reactive ketones (excluding diaryl/α,β-unsaturated/α-hetero) is 1. The molecule has 1 aromatic rings. The highest BCUT2D eigenvalue weighted by atomic mass is 16.5. The molecule has 0 saturated carbocycles. The minimum absolute atomic E-state index is 0.0514. The number of likely N-dealkylation sites (tertiary alicyclic amines) is 1. The van der Waals surface area contributed by atoms with Gasteiger partial charge in [0.05, 0.1) is 26.2 Å². The van der Waals surface area contributed by atoms with Crippen LogP contribution in [0.3, 0.4) is 0 Å². The molecule has 2 aliphatic rings. The van der Waals surface area contributed by atoms with Gasteiger partial charge in [-0.05, 0) is 18.6 Å². The molecule has 25 heavy (non-hydrogen) atoms. The highest BCUT2D eigenvalue weighted by Crippen LogP contribution is 2.47. The average molecular weight is 347 g/mol. The Morgan fingerprint density at radius 2 is 1.96 bits per heavy atom. The highest BCUT2D eigenvalue weighted by molar-refractivity contribution is 6.01. The minimum atomic E-state index is -0.563. The number of fused-ring (bicyclic) bond motifs is 1. The van der Waals surface area contributed by atoms with E-state index in [1.807, 2.05) is 11.8 Å². The van der Waals surface area contributed by atoms with Crippen molar-refractivity contribution < 1.29 is 23.8 Å². The topological polar surface area (TPSA) is 65.1 Å². The number of ketones is 1. The van der Waals surface area contributed by atoms with Crippen LogP contribution in [0.25, 0.3) is 0 Å². The Kier molecular flexibility index (Phi) is 4.88. The van der Waals surface area contributed by atoms with Gasteiger partial charge < -0.3 is 19.1 Å². The van der Waals surface area contributed by atoms with Crippen molar-refractivity contribution in [2.24, 2.45) is 0 Å². The van der Waals surface area contributed by atoms with Crippen LogP contribution < -0.4 is 14.2 Å². The van der Waals surface area contributed by atoms with E-state index >= 15 is 0 Å². The lowest BCUT2D eigenvalue weighted by atomic mass is 9.82. The van der Waals surface area contributed by atoms with Crippen molar-refractivity contribution in [1.29, 1.82) is 0 Å². The van der Waals surface area contributed by atoms with E-state index in [1.165, 1.54) is 0 Å². The molecule has 0 aromatic heterocycles. The number of carbonyl (C=O) groups is 2. The summed E-state index contributed by atoms with van der Waals surface area (Å²) in [6.45, 7) is 3.24. The molecule has 0 bridgehead atoms. The van der Waals surface area contributed by atoms with Crippen molar-refractivity contribution in [2.75, 3.05) is 27.3 Å². The standard InChI is InChI=1S/C19H25NO5/c1-4-5-16(22)20-10-8-19(9-11-20)12-14(21)13-6-7-15(23-2)18(24-3)17(13)25-19/h6-7H,4-5,8-12H2,1-3H3. The maximum atomic E-state index is 12.7. The predicted molar refractivity (Wildman–Crippen MR) is 92.6 cm³/mol. The maximum absolute atomic E-state index is 12.7. The molecule has 1 spiro atoms. The van der Waals surface area contributed by atoms with E-state index in [-0.39, 0.29) is 11.7 Å². The van der Waals surface area contributed by atoms with Crippen LogP contribution >= 0.6 is 0 Å². The van der Waals surface area contributed by atoms with Crippen molar-refractivity contribution >= 4 is 11.7 Å². The molecule has 0 unspecified atom stereocenters. The van der Waals surface area contributed by atoms with Crippen molar-refractivity contribution in [3.63, 3.8) is 0 Å². The molecule has 1 aromatic carbocycles. The van der Waals surface area contributed by atoms with Crippen molar-refractivity contribution in [1.82, 2.24) is 4.90 Å². The van der Waals surface area contributed by atoms with Crippen molar-refractivity contribution in [3.05, 3.63) is 17.7 Å². The lowest BCUT2D eigenvalue weighted by Crippen LogP contribution is -2.52. The number of benzene rings is 1. The summed E-state index contributed by atoms with van der Waals surface area (Å²) >= 11 is 0. The summed E-state index contributed by atoms with van der Waals surface area (Å²) in [5, 5.41) is 0. The van der Waals surface area contributed by atoms with Crippen LogP contribution in [0.4, 0.5) is 0 Å². The van der Waals surface area contributed by atoms with E-state index in [0.717, 1.165) is 6.42 Å². The van der Waals surface area contributed by atoms with Crippen LogP contribution in [0.1, 0.15) is 49.4 Å². The lowest BCUT2D eigenvalue weighted by molar-refractivity contribution is -0.134. The number of carbonyl (C=O) groups excluding carboxylic acids is 2. The van der Waals surface area contributed by atoms with Crippen LogP contribution in [0, 0.1) is 0 Å². The Balaban J connectivity index is 1.84. The van der Waals surface area contributed by atoms with Crippen LogP contribution in [0.5, 0.6) is 17.2 Å². The molecule has 1 saturated heterocycles. The largest absolute Gasteiger partial charge is 0.493 e. The molecule has 2 aliphatic heterocycles. The fraction of sp³-hybridized carbons (Fsp3) is 0.579. The van der Waals surface area contributed by atoms with Gasteiger partial charge in [-0.2, -0.15) is 0 Å². The molecular weight excluding hydrogens is 322 g/mol. The fourth-order valence-corrected chi connectivity index (χ4v) is 3.67. The van der Waals surface area contributed by atoms with Crippen molar-refractivity contribution in [2.45, 2.75) is 44.6 Å². The van der Waals surface area contributed by atoms with E-state index in [2.05, 4.69) is 0 Å². The Hall–Kier alpha value is -2.24. The second-order valence-electron chi connectivity index (χ2n) is 6.69. The molecule has 2 heterocycles. The van der Waals surface area contributed by atoms with Gasteiger partial charge in [-0.1, -0.05) is 6.92 Å². The second kappa shape index (κ2) is 6.94. The Morgan fingerprint density at radius 3 is 2.56 bits per heavy atom. The first kappa shape index (κ1) is 17.6. The van der Waals surface area contributed by atoms with Gasteiger partial charge in [0.15, 0.2) is 17.3 Å². The second-order valence-corrected chi connectivity index (χ2v) is 6.69. The maximum Gasteiger partial charge on any atom is 0.222 e. The molecule has 3 rings (SSSR count). The van der Waals surface area contributed by atoms with Gasteiger partial charge in [0.25, 0.3) is 0 Å². The number of ether oxygens (including phenoxy) is 3. The SMILES string of the molecule is CCCC(=O)N1CCC2(CC1)CC(=O)c1ccc(OC)c(OC)c1O2. The van der Waals surface area contributed by atoms with Gasteiger partial charge in [-0.15, -0.1) is 0 Å². The lowest BCUT2D eigenvalue weighted by Gasteiger charge is -2.44. The van der Waals surface area contributed by atoms with Gasteiger partial charge in [-0.3, -0.25) is 9.59 Å². The van der Waals surface area contributed by atoms with Gasteiger partial charge >= 0.3 is 0 Å². The van der Waals surface area contributed by atoms with Gasteiger partial charge in [-0.25, -0.2) is 0 Å². The highest BCUT2D eigenvalue weighted by Gasteiger charge is 2.45. The zero-order valence-corrected chi connectivity index (χ0v) is 15.1. The molecule has 136 valence electrons. The van der Waals surface area contributed by atoms with Crippen LogP contribution in [0.2, 0.25) is 0 Å². The molecule has 0 radical (unpaired) electrons. The van der Waals surface area contributed by atoms with Gasteiger partial charge in [0.1, 0.15) is 5.60 Å². The van der Waals surface area contributed by atoms with Gasteiger partial charge in [0, 0.05) is 32.4 Å². The Morgan fingerprint density at radius 1 is 1.24 bits per heavy atom. The fourth-order valence-electron chi connectivity index (χ4n) is 3.67. The zero-order chi connectivity index (χ0) is 18.0. The normalized spacial score (nSPS) is 18.5. The first-order valence-corrected chi connectivity index (χ1v) is 8.78. The summed E-state index contributed by atoms with van der Waals surface area (Å²) in [6.07, 6.45) is 3.05. The summed E-state index contributed by atoms with van der Waals surface area (Å²) in [6, 6.07) is 3.45. The third kappa shape index (κ3) is 3.17. The molecular formula is C19H25NO5. The first-order valence-electron chi connectivity index (χ1n) is 8.78. The summed E-state index contributed by atoms with van der Waals surface area (Å²) in [7, 11) is 3.10. The van der Waals surface area contributed by atoms with Crippen LogP contribution in [0.15, 0.2) is 12.1 Å². The van der Waals surface area contributed by atoms with E-state index in [4.69, 9.17) is 14.2 Å².